The summed E-state index contributed by atoms with van der Waals surface area (Å²) in [6.07, 6.45) is 1.17. The Morgan fingerprint density at radius 1 is 1.14 bits per heavy atom. The van der Waals surface area contributed by atoms with E-state index in [0.717, 1.165) is 5.69 Å². The lowest BCUT2D eigenvalue weighted by Crippen LogP contribution is -2.26. The Hall–Kier alpha value is -1.72. The topological polar surface area (TPSA) is 60.2 Å². The van der Waals surface area contributed by atoms with E-state index in [4.69, 9.17) is 4.74 Å². The van der Waals surface area contributed by atoms with Gasteiger partial charge in [0.25, 0.3) is 0 Å². The number of hydrogen-bond acceptors (Lipinski definition) is 4. The number of aliphatic hydroxyl groups is 1. The van der Waals surface area contributed by atoms with E-state index < -0.39 is 6.10 Å². The molecule has 0 amide bonds. The van der Waals surface area contributed by atoms with Gasteiger partial charge in [-0.05, 0) is 31.9 Å². The molecule has 0 bridgehead atoms. The normalized spacial score (nSPS) is 30.5. The van der Waals surface area contributed by atoms with Crippen molar-refractivity contribution in [2.45, 2.75) is 39.1 Å². The molecule has 0 saturated carbocycles. The molecule has 0 radical (unpaired) electrons. The first kappa shape index (κ1) is 14.2. The van der Waals surface area contributed by atoms with Gasteiger partial charge in [0.05, 0.1) is 29.8 Å². The van der Waals surface area contributed by atoms with Crippen molar-refractivity contribution in [1.82, 2.24) is 15.0 Å². The summed E-state index contributed by atoms with van der Waals surface area (Å²) in [6, 6.07) is 9.74. The Morgan fingerprint density at radius 3 is 2.48 bits per heavy atom. The van der Waals surface area contributed by atoms with Gasteiger partial charge in [-0.2, -0.15) is 0 Å². The van der Waals surface area contributed by atoms with Crippen LogP contribution in [-0.2, 0) is 4.74 Å². The van der Waals surface area contributed by atoms with Crippen LogP contribution in [-0.4, -0.2) is 32.3 Å². The Labute approximate surface area is 124 Å². The first-order valence-electron chi connectivity index (χ1n) is 7.39. The molecule has 1 aliphatic rings. The molecular formula is C16H21N3O2. The fourth-order valence-electron chi connectivity index (χ4n) is 3.25. The number of nitrogens with zero attached hydrogens (tertiary/aromatic N) is 3. The molecule has 5 nitrogen and oxygen atoms in total. The molecule has 2 aromatic rings. The maximum Gasteiger partial charge on any atom is 0.103 e. The number of aromatic nitrogens is 3. The smallest absolute Gasteiger partial charge is 0.103 e. The first-order valence-corrected chi connectivity index (χ1v) is 7.39. The molecular weight excluding hydrogens is 266 g/mol. The van der Waals surface area contributed by atoms with E-state index in [2.05, 4.69) is 24.2 Å². The summed E-state index contributed by atoms with van der Waals surface area (Å²) in [4.78, 5) is 0. The molecule has 3 rings (SSSR count). The summed E-state index contributed by atoms with van der Waals surface area (Å²) < 4.78 is 7.54. The van der Waals surface area contributed by atoms with Crippen molar-refractivity contribution in [2.75, 3.05) is 0 Å². The summed E-state index contributed by atoms with van der Waals surface area (Å²) in [5.74, 6) is 0.329. The monoisotopic (exact) mass is 287 g/mol. The highest BCUT2D eigenvalue weighted by Gasteiger charge is 2.42. The molecule has 1 fully saturated rings. The molecule has 1 aromatic carbocycles. The molecule has 1 aromatic heterocycles. The lowest BCUT2D eigenvalue weighted by Gasteiger charge is -2.24. The third-order valence-corrected chi connectivity index (χ3v) is 4.56. The van der Waals surface area contributed by atoms with Crippen LogP contribution in [0.4, 0.5) is 0 Å². The Morgan fingerprint density at radius 2 is 1.86 bits per heavy atom. The van der Waals surface area contributed by atoms with Gasteiger partial charge in [-0.1, -0.05) is 30.3 Å². The number of aliphatic hydroxyl groups excluding tert-OH is 1. The summed E-state index contributed by atoms with van der Waals surface area (Å²) in [5, 5.41) is 18.9. The summed E-state index contributed by atoms with van der Waals surface area (Å²) in [5.41, 5.74) is 1.61. The summed E-state index contributed by atoms with van der Waals surface area (Å²) >= 11 is 0. The SMILES string of the molecule is CC1OC(C)C(C(O)c2cnnn2-c2ccccc2)C1C. The Balaban J connectivity index is 1.93. The van der Waals surface area contributed by atoms with Crippen LogP contribution < -0.4 is 0 Å². The molecule has 21 heavy (non-hydrogen) atoms. The molecule has 1 N–H and O–H groups in total. The van der Waals surface area contributed by atoms with E-state index >= 15 is 0 Å². The van der Waals surface area contributed by atoms with Crippen LogP contribution in [0.1, 0.15) is 32.6 Å². The number of rotatable bonds is 3. The van der Waals surface area contributed by atoms with Crippen molar-refractivity contribution in [3.05, 3.63) is 42.2 Å². The zero-order valence-corrected chi connectivity index (χ0v) is 12.5. The quantitative estimate of drug-likeness (QED) is 0.941. The van der Waals surface area contributed by atoms with E-state index in [-0.39, 0.29) is 24.0 Å². The summed E-state index contributed by atoms with van der Waals surface area (Å²) in [6.45, 7) is 6.20. The highest BCUT2D eigenvalue weighted by atomic mass is 16.5. The van der Waals surface area contributed by atoms with Crippen molar-refractivity contribution in [3.63, 3.8) is 0 Å². The first-order chi connectivity index (χ1) is 10.1. The maximum absolute atomic E-state index is 10.8. The fraction of sp³-hybridized carbons (Fsp3) is 0.500. The van der Waals surface area contributed by atoms with Crippen LogP contribution in [0, 0.1) is 11.8 Å². The predicted molar refractivity (Wildman–Crippen MR) is 79.0 cm³/mol. The minimum atomic E-state index is -0.643. The maximum atomic E-state index is 10.8. The second-order valence-corrected chi connectivity index (χ2v) is 5.83. The average molecular weight is 287 g/mol. The molecule has 0 spiro atoms. The third kappa shape index (κ3) is 2.47. The van der Waals surface area contributed by atoms with Crippen LogP contribution in [0.25, 0.3) is 5.69 Å². The van der Waals surface area contributed by atoms with E-state index in [0.29, 0.717) is 5.69 Å². The van der Waals surface area contributed by atoms with Gasteiger partial charge in [0.2, 0.25) is 0 Å². The van der Waals surface area contributed by atoms with Crippen LogP contribution >= 0.6 is 0 Å². The number of ether oxygens (including phenoxy) is 1. The Bertz CT molecular complexity index is 599. The second-order valence-electron chi connectivity index (χ2n) is 5.83. The van der Waals surface area contributed by atoms with Crippen molar-refractivity contribution < 1.29 is 9.84 Å². The highest BCUT2D eigenvalue weighted by Crippen LogP contribution is 2.40. The summed E-state index contributed by atoms with van der Waals surface area (Å²) in [7, 11) is 0. The molecule has 1 aliphatic heterocycles. The van der Waals surface area contributed by atoms with Crippen molar-refractivity contribution in [2.24, 2.45) is 11.8 Å². The largest absolute Gasteiger partial charge is 0.386 e. The van der Waals surface area contributed by atoms with Gasteiger partial charge in [-0.25, -0.2) is 4.68 Å². The lowest BCUT2D eigenvalue weighted by molar-refractivity contribution is 0.0210. The highest BCUT2D eigenvalue weighted by molar-refractivity contribution is 5.32. The molecule has 2 heterocycles. The van der Waals surface area contributed by atoms with Crippen molar-refractivity contribution >= 4 is 0 Å². The number of hydrogen-bond donors (Lipinski definition) is 1. The molecule has 5 heteroatoms. The van der Waals surface area contributed by atoms with Gasteiger partial charge in [0.15, 0.2) is 0 Å². The van der Waals surface area contributed by atoms with E-state index in [1.165, 1.54) is 0 Å². The average Bonchev–Trinajstić information content (AvgIpc) is 3.05. The zero-order chi connectivity index (χ0) is 15.0. The molecule has 5 atom stereocenters. The van der Waals surface area contributed by atoms with Gasteiger partial charge >= 0.3 is 0 Å². The van der Waals surface area contributed by atoms with E-state index in [9.17, 15) is 5.11 Å². The van der Waals surface area contributed by atoms with Gasteiger partial charge in [-0.3, -0.25) is 0 Å². The minimum Gasteiger partial charge on any atom is -0.386 e. The van der Waals surface area contributed by atoms with Gasteiger partial charge in [-0.15, -0.1) is 5.10 Å². The molecule has 1 saturated heterocycles. The van der Waals surface area contributed by atoms with E-state index in [1.807, 2.05) is 37.3 Å². The van der Waals surface area contributed by atoms with Crippen molar-refractivity contribution in [3.8, 4) is 5.69 Å². The van der Waals surface area contributed by atoms with Gasteiger partial charge < -0.3 is 9.84 Å². The molecule has 112 valence electrons. The Kier molecular flexibility index (Phi) is 3.78. The van der Waals surface area contributed by atoms with Crippen molar-refractivity contribution in [1.29, 1.82) is 0 Å². The predicted octanol–water partition coefficient (Wildman–Crippen LogP) is 2.36. The van der Waals surface area contributed by atoms with Crippen LogP contribution in [0.5, 0.6) is 0 Å². The minimum absolute atomic E-state index is 0.0177. The van der Waals surface area contributed by atoms with Crippen LogP contribution in [0.2, 0.25) is 0 Å². The van der Waals surface area contributed by atoms with Crippen LogP contribution in [0.3, 0.4) is 0 Å². The molecule has 0 aliphatic carbocycles. The molecule has 5 unspecified atom stereocenters. The van der Waals surface area contributed by atoms with Gasteiger partial charge in [0, 0.05) is 5.92 Å². The zero-order valence-electron chi connectivity index (χ0n) is 12.5. The lowest BCUT2D eigenvalue weighted by atomic mass is 9.84. The standard InChI is InChI=1S/C16H21N3O2/c1-10-11(2)21-12(3)15(10)16(20)14-9-17-18-19(14)13-7-5-4-6-8-13/h4-12,15-16,20H,1-3H3. The number of para-hydroxylation sites is 1. The second kappa shape index (κ2) is 5.58. The van der Waals surface area contributed by atoms with Gasteiger partial charge in [0.1, 0.15) is 6.10 Å². The number of benzene rings is 1. The van der Waals surface area contributed by atoms with Crippen LogP contribution in [0.15, 0.2) is 36.5 Å². The van der Waals surface area contributed by atoms with E-state index in [1.54, 1.807) is 10.9 Å². The third-order valence-electron chi connectivity index (χ3n) is 4.56. The fourth-order valence-corrected chi connectivity index (χ4v) is 3.25.